The van der Waals surface area contributed by atoms with Gasteiger partial charge in [0.25, 0.3) is 0 Å². The van der Waals surface area contributed by atoms with E-state index in [1.165, 1.54) is 5.57 Å². The maximum atomic E-state index is 12.1. The van der Waals surface area contributed by atoms with Crippen LogP contribution in [0, 0.1) is 5.92 Å². The third-order valence-corrected chi connectivity index (χ3v) is 5.04. The number of carboxylic acids is 1. The molecule has 0 saturated carbocycles. The Hall–Kier alpha value is -2.64. The van der Waals surface area contributed by atoms with Gasteiger partial charge in [0.05, 0.1) is 13.0 Å². The number of ether oxygens (including phenoxy) is 2. The summed E-state index contributed by atoms with van der Waals surface area (Å²) in [6.07, 6.45) is 5.35. The molecule has 2 N–H and O–H groups in total. The van der Waals surface area contributed by atoms with Crippen molar-refractivity contribution in [1.82, 2.24) is 5.32 Å². The molecule has 2 atom stereocenters. The summed E-state index contributed by atoms with van der Waals surface area (Å²) < 4.78 is 9.85. The Morgan fingerprint density at radius 2 is 2.03 bits per heavy atom. The van der Waals surface area contributed by atoms with Gasteiger partial charge in [0.1, 0.15) is 13.2 Å². The van der Waals surface area contributed by atoms with Crippen LogP contribution in [0.3, 0.4) is 0 Å². The smallest absolute Gasteiger partial charge is 0.329 e. The van der Waals surface area contributed by atoms with Gasteiger partial charge in [-0.2, -0.15) is 0 Å². The van der Waals surface area contributed by atoms with Gasteiger partial charge < -0.3 is 19.9 Å². The van der Waals surface area contributed by atoms with Crippen LogP contribution in [-0.2, 0) is 23.9 Å². The topological polar surface area (TPSA) is 102 Å². The van der Waals surface area contributed by atoms with Crippen LogP contribution in [0.1, 0.15) is 38.7 Å². The van der Waals surface area contributed by atoms with E-state index in [1.54, 1.807) is 6.92 Å². The van der Waals surface area contributed by atoms with Gasteiger partial charge in [0.2, 0.25) is 5.91 Å². The van der Waals surface area contributed by atoms with Crippen LogP contribution in [0.5, 0.6) is 0 Å². The zero-order chi connectivity index (χ0) is 22.8. The summed E-state index contributed by atoms with van der Waals surface area (Å²) in [7, 11) is 0. The first kappa shape index (κ1) is 24.6. The maximum absolute atomic E-state index is 12.1. The molecule has 0 radical (unpaired) electrons. The van der Waals surface area contributed by atoms with E-state index in [4.69, 9.17) is 26.2 Å². The molecule has 1 aromatic carbocycles. The minimum atomic E-state index is -1.15. The largest absolute Gasteiger partial charge is 0.480 e. The first-order valence-corrected chi connectivity index (χ1v) is 10.6. The molecule has 0 saturated heterocycles. The predicted molar refractivity (Wildman–Crippen MR) is 118 cm³/mol. The summed E-state index contributed by atoms with van der Waals surface area (Å²) >= 11 is 6.12. The highest BCUT2D eigenvalue weighted by Crippen LogP contribution is 2.34. The predicted octanol–water partition coefficient (Wildman–Crippen LogP) is 3.62. The van der Waals surface area contributed by atoms with E-state index < -0.39 is 30.5 Å². The third kappa shape index (κ3) is 8.55. The van der Waals surface area contributed by atoms with Gasteiger partial charge in [0, 0.05) is 11.1 Å². The molecule has 0 aliphatic heterocycles. The molecule has 0 aromatic heterocycles. The van der Waals surface area contributed by atoms with Crippen LogP contribution in [0.4, 0.5) is 0 Å². The van der Waals surface area contributed by atoms with Crippen molar-refractivity contribution in [1.29, 1.82) is 0 Å². The van der Waals surface area contributed by atoms with Crippen molar-refractivity contribution in [3.8, 4) is 0 Å². The van der Waals surface area contributed by atoms with Crippen molar-refractivity contribution in [3.05, 3.63) is 52.6 Å². The van der Waals surface area contributed by atoms with Crippen LogP contribution in [0.2, 0.25) is 5.02 Å². The Morgan fingerprint density at radius 3 is 2.68 bits per heavy atom. The number of halogens is 1. The molecule has 0 fully saturated rings. The second-order valence-electron chi connectivity index (χ2n) is 7.43. The summed E-state index contributed by atoms with van der Waals surface area (Å²) in [5, 5.41) is 12.0. The third-order valence-electron chi connectivity index (χ3n) is 4.81. The summed E-state index contributed by atoms with van der Waals surface area (Å²) in [6.45, 7) is 3.15. The lowest BCUT2D eigenvalue weighted by atomic mass is 9.82. The monoisotopic (exact) mass is 449 g/mol. The molecule has 8 heteroatoms. The van der Waals surface area contributed by atoms with Crippen molar-refractivity contribution in [2.45, 2.75) is 39.2 Å². The molecule has 0 bridgehead atoms. The highest BCUT2D eigenvalue weighted by Gasteiger charge is 2.23. The molecule has 1 aromatic rings. The number of aliphatic carboxylic acids is 1. The van der Waals surface area contributed by atoms with Crippen molar-refractivity contribution >= 4 is 35.0 Å². The second kappa shape index (κ2) is 12.3. The number of allylic oxidation sites excluding steroid dienone is 3. The lowest BCUT2D eigenvalue weighted by Gasteiger charge is -2.25. The fourth-order valence-electron chi connectivity index (χ4n) is 3.56. The molecule has 1 unspecified atom stereocenters. The average Bonchev–Trinajstić information content (AvgIpc) is 2.67. The van der Waals surface area contributed by atoms with Crippen molar-refractivity contribution in [2.24, 2.45) is 5.92 Å². The van der Waals surface area contributed by atoms with Gasteiger partial charge in [-0.15, -0.1) is 0 Å². The molecular weight excluding hydrogens is 422 g/mol. The standard InChI is InChI=1S/C23H28ClNO6/c1-3-31-23(29)12-19(25-21(26)13-30-14-22(27)28)10-16-7-8-20(15(2)9-16)17-5-4-6-18(24)11-17/h4-8,11,15,19H,3,9-10,12-14H2,1-2H3,(H,25,26)(H,27,28)/t15?,19-/m1/s1. The van der Waals surface area contributed by atoms with Crippen LogP contribution >= 0.6 is 11.6 Å². The molecule has 0 spiro atoms. The van der Waals surface area contributed by atoms with Crippen molar-refractivity contribution in [3.63, 3.8) is 0 Å². The van der Waals surface area contributed by atoms with E-state index in [1.807, 2.05) is 36.4 Å². The van der Waals surface area contributed by atoms with Gasteiger partial charge in [0.15, 0.2) is 0 Å². The Balaban J connectivity index is 2.07. The Labute approximate surface area is 187 Å². The number of carboxylic acid groups (broad SMARTS) is 1. The number of esters is 1. The quantitative estimate of drug-likeness (QED) is 0.500. The number of hydrogen-bond donors (Lipinski definition) is 2. The fraction of sp³-hybridized carbons (Fsp3) is 0.435. The number of carbonyl (C=O) groups excluding carboxylic acids is 2. The minimum Gasteiger partial charge on any atom is -0.480 e. The molecule has 168 valence electrons. The molecule has 0 heterocycles. The molecule has 2 rings (SSSR count). The van der Waals surface area contributed by atoms with Crippen molar-refractivity contribution in [2.75, 3.05) is 19.8 Å². The molecule has 31 heavy (non-hydrogen) atoms. The SMILES string of the molecule is CCOC(=O)C[C@@H](CC1=CC=C(c2cccc(Cl)c2)C(C)C1)NC(=O)COCC(=O)O. The minimum absolute atomic E-state index is 0.0229. The first-order valence-electron chi connectivity index (χ1n) is 10.2. The van der Waals surface area contributed by atoms with E-state index >= 15 is 0 Å². The fourth-order valence-corrected chi connectivity index (χ4v) is 3.75. The molecule has 1 amide bonds. The van der Waals surface area contributed by atoms with E-state index in [-0.39, 0.29) is 25.6 Å². The Kier molecular flexibility index (Phi) is 9.75. The van der Waals surface area contributed by atoms with E-state index in [0.717, 1.165) is 17.6 Å². The van der Waals surface area contributed by atoms with Gasteiger partial charge in [-0.05, 0) is 49.0 Å². The highest BCUT2D eigenvalue weighted by atomic mass is 35.5. The van der Waals surface area contributed by atoms with Crippen molar-refractivity contribution < 1.29 is 29.0 Å². The Bertz CT molecular complexity index is 863. The highest BCUT2D eigenvalue weighted by molar-refractivity contribution is 6.30. The first-order chi connectivity index (χ1) is 14.8. The van der Waals surface area contributed by atoms with Crippen LogP contribution in [0.25, 0.3) is 5.57 Å². The summed E-state index contributed by atoms with van der Waals surface area (Å²) in [6, 6.07) is 7.24. The summed E-state index contributed by atoms with van der Waals surface area (Å²) in [5.41, 5.74) is 3.35. The maximum Gasteiger partial charge on any atom is 0.329 e. The van der Waals surface area contributed by atoms with Gasteiger partial charge in [-0.25, -0.2) is 4.79 Å². The average molecular weight is 450 g/mol. The van der Waals surface area contributed by atoms with E-state index in [9.17, 15) is 14.4 Å². The normalized spacial score (nSPS) is 16.7. The van der Waals surface area contributed by atoms with Gasteiger partial charge in [-0.1, -0.05) is 48.4 Å². The molecule has 7 nitrogen and oxygen atoms in total. The van der Waals surface area contributed by atoms with Crippen LogP contribution in [-0.4, -0.2) is 48.8 Å². The molecule has 1 aliphatic carbocycles. The number of carbonyl (C=O) groups is 3. The van der Waals surface area contributed by atoms with Gasteiger partial charge in [-0.3, -0.25) is 9.59 Å². The van der Waals surface area contributed by atoms with Crippen LogP contribution in [0.15, 0.2) is 42.0 Å². The van der Waals surface area contributed by atoms with Gasteiger partial charge >= 0.3 is 11.9 Å². The number of amides is 1. The summed E-state index contributed by atoms with van der Waals surface area (Å²) in [5.74, 6) is -1.79. The van der Waals surface area contributed by atoms with Crippen LogP contribution < -0.4 is 5.32 Å². The van der Waals surface area contributed by atoms with E-state index in [2.05, 4.69) is 12.2 Å². The molecular formula is C23H28ClNO6. The van der Waals surface area contributed by atoms with E-state index in [0.29, 0.717) is 11.4 Å². The summed E-state index contributed by atoms with van der Waals surface area (Å²) in [4.78, 5) is 34.6. The second-order valence-corrected chi connectivity index (χ2v) is 7.86. The number of benzene rings is 1. The molecule has 1 aliphatic rings. The lowest BCUT2D eigenvalue weighted by molar-refractivity contribution is -0.143. The zero-order valence-corrected chi connectivity index (χ0v) is 18.5. The number of hydrogen-bond acceptors (Lipinski definition) is 5. The zero-order valence-electron chi connectivity index (χ0n) is 17.7. The lowest BCUT2D eigenvalue weighted by Crippen LogP contribution is -2.39. The number of rotatable bonds is 11. The Morgan fingerprint density at radius 1 is 1.26 bits per heavy atom. The number of nitrogens with one attached hydrogen (secondary N) is 1.